The number of rotatable bonds is 8. The molecule has 0 saturated carbocycles. The lowest BCUT2D eigenvalue weighted by atomic mass is 10.1. The van der Waals surface area contributed by atoms with Gasteiger partial charge in [-0.1, -0.05) is 19.1 Å². The second kappa shape index (κ2) is 10.5. The van der Waals surface area contributed by atoms with Crippen LogP contribution in [-0.2, 0) is 0 Å². The Balaban J connectivity index is 0.00000300. The van der Waals surface area contributed by atoms with Crippen LogP contribution in [0.3, 0.4) is 0 Å². The molecule has 0 atom stereocenters. The van der Waals surface area contributed by atoms with Crippen LogP contribution in [0.25, 0.3) is 22.7 Å². The quantitative estimate of drug-likeness (QED) is 0.485. The molecule has 29 heavy (non-hydrogen) atoms. The van der Waals surface area contributed by atoms with E-state index >= 15 is 0 Å². The molecular formula is C23H27ClN4O. The summed E-state index contributed by atoms with van der Waals surface area (Å²) in [5.41, 5.74) is 4.24. The molecule has 0 radical (unpaired) electrons. The topological polar surface area (TPSA) is 64.9 Å². The number of nitrogens with one attached hydrogen (secondary N) is 1. The van der Waals surface area contributed by atoms with Crippen molar-refractivity contribution in [1.29, 1.82) is 5.26 Å². The van der Waals surface area contributed by atoms with E-state index in [1.807, 2.05) is 36.4 Å². The number of aromatic amines is 1. The van der Waals surface area contributed by atoms with Crippen LogP contribution in [0.15, 0.2) is 42.5 Å². The second-order valence-electron chi connectivity index (χ2n) is 6.52. The van der Waals surface area contributed by atoms with Gasteiger partial charge in [0.1, 0.15) is 17.6 Å². The summed E-state index contributed by atoms with van der Waals surface area (Å²) in [5.74, 6) is 1.35. The lowest BCUT2D eigenvalue weighted by Gasteiger charge is -2.22. The number of hydrogen-bond acceptors (Lipinski definition) is 4. The van der Waals surface area contributed by atoms with Gasteiger partial charge < -0.3 is 14.6 Å². The fourth-order valence-electron chi connectivity index (χ4n) is 3.15. The van der Waals surface area contributed by atoms with Crippen LogP contribution in [-0.4, -0.2) is 29.7 Å². The Bertz CT molecular complexity index is 982. The van der Waals surface area contributed by atoms with Crippen molar-refractivity contribution in [1.82, 2.24) is 9.97 Å². The highest BCUT2D eigenvalue weighted by Gasteiger charge is 2.12. The maximum atomic E-state index is 9.72. The molecule has 3 aromatic rings. The Morgan fingerprint density at radius 3 is 2.59 bits per heavy atom. The molecule has 152 valence electrons. The van der Waals surface area contributed by atoms with Crippen molar-refractivity contribution in [3.05, 3.63) is 53.9 Å². The second-order valence-corrected chi connectivity index (χ2v) is 6.52. The highest BCUT2D eigenvalue weighted by atomic mass is 35.5. The third-order valence-electron chi connectivity index (χ3n) is 4.65. The molecule has 6 heteroatoms. The van der Waals surface area contributed by atoms with Crippen LogP contribution < -0.4 is 9.64 Å². The van der Waals surface area contributed by atoms with Gasteiger partial charge in [-0.3, -0.25) is 0 Å². The van der Waals surface area contributed by atoms with E-state index < -0.39 is 0 Å². The van der Waals surface area contributed by atoms with Crippen molar-refractivity contribution >= 4 is 40.8 Å². The molecule has 0 aliphatic carbocycles. The molecular weight excluding hydrogens is 384 g/mol. The lowest BCUT2D eigenvalue weighted by Crippen LogP contribution is -2.21. The number of imidazole rings is 1. The predicted molar refractivity (Wildman–Crippen MR) is 123 cm³/mol. The summed E-state index contributed by atoms with van der Waals surface area (Å²) in [6, 6.07) is 16.2. The van der Waals surface area contributed by atoms with E-state index in [1.165, 1.54) is 0 Å². The van der Waals surface area contributed by atoms with Crippen LogP contribution in [0.1, 0.15) is 38.6 Å². The number of fused-ring (bicyclic) bond motifs is 1. The standard InChI is InChI=1S/C23H26N4O.ClH/c1-4-13-28-22-15-19(27(5-2)6-3)12-11-17(22)14-18(16-24)23-25-20-9-7-8-10-21(20)26-23;/h7-12,14-15H,4-6,13H2,1-3H3,(H,25,26);1H/b18-14+;. The van der Waals surface area contributed by atoms with Gasteiger partial charge >= 0.3 is 0 Å². The summed E-state index contributed by atoms with van der Waals surface area (Å²) in [6.45, 7) is 8.86. The molecule has 0 aliphatic rings. The van der Waals surface area contributed by atoms with E-state index in [0.29, 0.717) is 18.0 Å². The van der Waals surface area contributed by atoms with E-state index in [9.17, 15) is 5.26 Å². The first-order valence-corrected chi connectivity index (χ1v) is 9.78. The third kappa shape index (κ3) is 5.10. The van der Waals surface area contributed by atoms with Gasteiger partial charge in [-0.2, -0.15) is 5.26 Å². The first kappa shape index (κ1) is 22.3. The number of aromatic nitrogens is 2. The van der Waals surface area contributed by atoms with Gasteiger partial charge in [0.25, 0.3) is 0 Å². The summed E-state index contributed by atoms with van der Waals surface area (Å²) < 4.78 is 6.00. The fourth-order valence-corrected chi connectivity index (χ4v) is 3.15. The molecule has 1 N–H and O–H groups in total. The van der Waals surface area contributed by atoms with Crippen molar-refractivity contribution in [3.8, 4) is 11.8 Å². The van der Waals surface area contributed by atoms with E-state index in [-0.39, 0.29) is 12.4 Å². The summed E-state index contributed by atoms with van der Waals surface area (Å²) in [5, 5.41) is 9.72. The Morgan fingerprint density at radius 2 is 1.93 bits per heavy atom. The Labute approximate surface area is 178 Å². The van der Waals surface area contributed by atoms with Gasteiger partial charge in [0, 0.05) is 30.4 Å². The Morgan fingerprint density at radius 1 is 1.17 bits per heavy atom. The fraction of sp³-hybridized carbons (Fsp3) is 0.304. The zero-order valence-corrected chi connectivity index (χ0v) is 17.9. The summed E-state index contributed by atoms with van der Waals surface area (Å²) >= 11 is 0. The first-order valence-electron chi connectivity index (χ1n) is 9.78. The van der Waals surface area contributed by atoms with Crippen molar-refractivity contribution in [2.75, 3.05) is 24.6 Å². The number of nitriles is 1. The van der Waals surface area contributed by atoms with Gasteiger partial charge in [0.2, 0.25) is 0 Å². The van der Waals surface area contributed by atoms with Gasteiger partial charge in [-0.25, -0.2) is 4.98 Å². The van der Waals surface area contributed by atoms with Crippen LogP contribution in [0.5, 0.6) is 5.75 Å². The largest absolute Gasteiger partial charge is 0.493 e. The number of allylic oxidation sites excluding steroid dienone is 1. The highest BCUT2D eigenvalue weighted by Crippen LogP contribution is 2.29. The molecule has 3 rings (SSSR count). The number of nitrogens with zero attached hydrogens (tertiary/aromatic N) is 3. The number of halogens is 1. The Kier molecular flexibility index (Phi) is 8.11. The normalized spacial score (nSPS) is 11.0. The smallest absolute Gasteiger partial charge is 0.149 e. The maximum absolute atomic E-state index is 9.72. The molecule has 0 spiro atoms. The van der Waals surface area contributed by atoms with Crippen molar-refractivity contribution in [3.63, 3.8) is 0 Å². The number of H-pyrrole nitrogens is 1. The monoisotopic (exact) mass is 410 g/mol. The predicted octanol–water partition coefficient (Wildman–Crippen LogP) is 5.68. The van der Waals surface area contributed by atoms with E-state index in [1.54, 1.807) is 0 Å². The molecule has 0 unspecified atom stereocenters. The third-order valence-corrected chi connectivity index (χ3v) is 4.65. The molecule has 0 aliphatic heterocycles. The number of anilines is 1. The van der Waals surface area contributed by atoms with E-state index in [4.69, 9.17) is 4.74 Å². The molecule has 5 nitrogen and oxygen atoms in total. The Hall–Kier alpha value is -2.97. The van der Waals surface area contributed by atoms with Crippen molar-refractivity contribution in [2.45, 2.75) is 27.2 Å². The number of ether oxygens (including phenoxy) is 1. The van der Waals surface area contributed by atoms with E-state index in [2.05, 4.69) is 53.8 Å². The molecule has 0 fully saturated rings. The van der Waals surface area contributed by atoms with Gasteiger partial charge in [-0.05, 0) is 50.6 Å². The molecule has 0 saturated heterocycles. The van der Waals surface area contributed by atoms with Crippen LogP contribution >= 0.6 is 12.4 Å². The number of benzene rings is 2. The average Bonchev–Trinajstić information content (AvgIpc) is 3.16. The highest BCUT2D eigenvalue weighted by molar-refractivity contribution is 5.91. The minimum absolute atomic E-state index is 0. The van der Waals surface area contributed by atoms with E-state index in [0.717, 1.165) is 47.5 Å². The molecule has 0 amide bonds. The maximum Gasteiger partial charge on any atom is 0.149 e. The molecule has 1 heterocycles. The van der Waals surface area contributed by atoms with Gasteiger partial charge in [0.05, 0.1) is 23.2 Å². The zero-order chi connectivity index (χ0) is 19.9. The number of hydrogen-bond donors (Lipinski definition) is 1. The molecule has 0 bridgehead atoms. The van der Waals surface area contributed by atoms with Crippen LogP contribution in [0.4, 0.5) is 5.69 Å². The molecule has 2 aromatic carbocycles. The number of para-hydroxylation sites is 2. The van der Waals surface area contributed by atoms with Gasteiger partial charge in [-0.15, -0.1) is 12.4 Å². The van der Waals surface area contributed by atoms with Gasteiger partial charge in [0.15, 0.2) is 0 Å². The first-order chi connectivity index (χ1) is 13.7. The van der Waals surface area contributed by atoms with Crippen LogP contribution in [0.2, 0.25) is 0 Å². The minimum atomic E-state index is 0. The summed E-state index contributed by atoms with van der Waals surface area (Å²) in [6.07, 6.45) is 2.77. The zero-order valence-electron chi connectivity index (χ0n) is 17.1. The summed E-state index contributed by atoms with van der Waals surface area (Å²) in [4.78, 5) is 10.0. The SMILES string of the molecule is CCCOc1cc(N(CC)CC)ccc1/C=C(\C#N)c1nc2ccccc2[nH]1.Cl. The van der Waals surface area contributed by atoms with Crippen molar-refractivity contribution in [2.24, 2.45) is 0 Å². The van der Waals surface area contributed by atoms with Crippen molar-refractivity contribution < 1.29 is 4.74 Å². The summed E-state index contributed by atoms with van der Waals surface area (Å²) in [7, 11) is 0. The lowest BCUT2D eigenvalue weighted by molar-refractivity contribution is 0.317. The van der Waals surface area contributed by atoms with Crippen LogP contribution in [0, 0.1) is 11.3 Å². The molecule has 1 aromatic heterocycles. The minimum Gasteiger partial charge on any atom is -0.493 e. The average molecular weight is 411 g/mol.